The number of likely N-dealkylation sites (N-methyl/N-ethyl adjacent to an activating group) is 1. The van der Waals surface area contributed by atoms with Gasteiger partial charge in [-0.25, -0.2) is 15.4 Å². The fraction of sp³-hybridized carbons (Fsp3) is 0.812. The zero-order chi connectivity index (χ0) is 20.7. The summed E-state index contributed by atoms with van der Waals surface area (Å²) in [6.45, 7) is 10.1. The number of aliphatic hydroxyl groups is 1. The third kappa shape index (κ3) is 10.0. The first kappa shape index (κ1) is 23.9. The maximum absolute atomic E-state index is 12.3. The van der Waals surface area contributed by atoms with Crippen molar-refractivity contribution in [2.24, 2.45) is 5.84 Å². The van der Waals surface area contributed by atoms with Crippen LogP contribution in [0.5, 0.6) is 0 Å². The lowest BCUT2D eigenvalue weighted by molar-refractivity contribution is -0.130. The smallest absolute Gasteiger partial charge is 0.410 e. The summed E-state index contributed by atoms with van der Waals surface area (Å²) in [6, 6.07) is 0. The first-order valence-corrected chi connectivity index (χ1v) is 8.27. The Hall–Kier alpha value is -2.07. The summed E-state index contributed by atoms with van der Waals surface area (Å²) >= 11 is 0. The SMILES string of the molecule is CN(CCN(C[C@H](O)C(=O)NN)C(=O)OC(C)(C)C)C(=O)OC(C)(C)C. The van der Waals surface area contributed by atoms with Crippen LogP contribution < -0.4 is 11.3 Å². The highest BCUT2D eigenvalue weighted by Crippen LogP contribution is 2.12. The van der Waals surface area contributed by atoms with Crippen LogP contribution in [-0.2, 0) is 14.3 Å². The number of nitrogens with two attached hydrogens (primary N) is 1. The predicted octanol–water partition coefficient (Wildman–Crippen LogP) is 0.441. The largest absolute Gasteiger partial charge is 0.444 e. The molecular formula is C16H32N4O6. The molecule has 0 rings (SSSR count). The molecule has 0 aromatic heterocycles. The molecule has 26 heavy (non-hydrogen) atoms. The second kappa shape index (κ2) is 9.58. The second-order valence-corrected chi connectivity index (χ2v) is 7.85. The van der Waals surface area contributed by atoms with Gasteiger partial charge in [0.05, 0.1) is 6.54 Å². The van der Waals surface area contributed by atoms with E-state index < -0.39 is 35.4 Å². The Labute approximate surface area is 154 Å². The van der Waals surface area contributed by atoms with Gasteiger partial charge in [-0.3, -0.25) is 10.2 Å². The molecular weight excluding hydrogens is 344 g/mol. The Kier molecular flexibility index (Phi) is 8.82. The van der Waals surface area contributed by atoms with E-state index in [1.165, 1.54) is 11.9 Å². The summed E-state index contributed by atoms with van der Waals surface area (Å²) in [7, 11) is 1.52. The summed E-state index contributed by atoms with van der Waals surface area (Å²) in [4.78, 5) is 38.1. The van der Waals surface area contributed by atoms with Crippen LogP contribution in [0.3, 0.4) is 0 Å². The van der Waals surface area contributed by atoms with Gasteiger partial charge in [-0.05, 0) is 41.5 Å². The van der Waals surface area contributed by atoms with E-state index in [-0.39, 0.29) is 19.6 Å². The maximum Gasteiger partial charge on any atom is 0.410 e. The topological polar surface area (TPSA) is 134 Å². The molecule has 10 nitrogen and oxygen atoms in total. The minimum absolute atomic E-state index is 0.0273. The number of rotatable bonds is 6. The molecule has 0 fully saturated rings. The van der Waals surface area contributed by atoms with Crippen LogP contribution in [0.15, 0.2) is 0 Å². The minimum atomic E-state index is -1.53. The molecule has 0 aliphatic carbocycles. The average Bonchev–Trinajstić information content (AvgIpc) is 2.46. The molecule has 0 saturated carbocycles. The van der Waals surface area contributed by atoms with E-state index in [4.69, 9.17) is 15.3 Å². The van der Waals surface area contributed by atoms with Crippen molar-refractivity contribution in [3.8, 4) is 0 Å². The van der Waals surface area contributed by atoms with Gasteiger partial charge < -0.3 is 24.4 Å². The zero-order valence-corrected chi connectivity index (χ0v) is 16.7. The normalized spacial score (nSPS) is 12.8. The Bertz CT molecular complexity index is 498. The Morgan fingerprint density at radius 2 is 1.46 bits per heavy atom. The highest BCUT2D eigenvalue weighted by molar-refractivity contribution is 5.80. The van der Waals surface area contributed by atoms with E-state index in [1.54, 1.807) is 41.5 Å². The van der Waals surface area contributed by atoms with Gasteiger partial charge in [0.25, 0.3) is 5.91 Å². The van der Waals surface area contributed by atoms with Crippen LogP contribution >= 0.6 is 0 Å². The van der Waals surface area contributed by atoms with Gasteiger partial charge in [-0.15, -0.1) is 0 Å². The van der Waals surface area contributed by atoms with Crippen molar-refractivity contribution in [1.29, 1.82) is 0 Å². The first-order chi connectivity index (χ1) is 11.7. The van der Waals surface area contributed by atoms with Crippen LogP contribution in [0.4, 0.5) is 9.59 Å². The van der Waals surface area contributed by atoms with Crippen LogP contribution in [-0.4, -0.2) is 77.0 Å². The van der Waals surface area contributed by atoms with Crippen molar-refractivity contribution in [3.63, 3.8) is 0 Å². The number of carbonyl (C=O) groups excluding carboxylic acids is 3. The predicted molar refractivity (Wildman–Crippen MR) is 95.0 cm³/mol. The number of aliphatic hydroxyl groups excluding tert-OH is 1. The summed E-state index contributed by atoms with van der Waals surface area (Å²) in [6.07, 6.45) is -2.81. The van der Waals surface area contributed by atoms with E-state index in [0.717, 1.165) is 4.90 Å². The average molecular weight is 376 g/mol. The lowest BCUT2D eigenvalue weighted by atomic mass is 10.2. The van der Waals surface area contributed by atoms with Crippen molar-refractivity contribution in [3.05, 3.63) is 0 Å². The summed E-state index contributed by atoms with van der Waals surface area (Å²) in [5.41, 5.74) is 0.410. The van der Waals surface area contributed by atoms with Gasteiger partial charge in [-0.1, -0.05) is 0 Å². The fourth-order valence-corrected chi connectivity index (χ4v) is 1.67. The molecule has 0 heterocycles. The molecule has 3 amide bonds. The Balaban J connectivity index is 4.97. The number of carbonyl (C=O) groups is 3. The lowest BCUT2D eigenvalue weighted by Gasteiger charge is -2.30. The molecule has 4 N–H and O–H groups in total. The van der Waals surface area contributed by atoms with Crippen molar-refractivity contribution >= 4 is 18.1 Å². The summed E-state index contributed by atoms with van der Waals surface area (Å²) in [5, 5.41) is 9.82. The molecule has 1 atom stereocenters. The van der Waals surface area contributed by atoms with Gasteiger partial charge in [0.15, 0.2) is 6.10 Å². The molecule has 0 bridgehead atoms. The minimum Gasteiger partial charge on any atom is -0.444 e. The highest BCUT2D eigenvalue weighted by atomic mass is 16.6. The second-order valence-electron chi connectivity index (χ2n) is 7.85. The zero-order valence-electron chi connectivity index (χ0n) is 16.7. The standard InChI is InChI=1S/C16H32N4O6/c1-15(2,3)25-13(23)19(7)8-9-20(10-11(21)12(22)18-17)14(24)26-16(4,5)6/h11,21H,8-10,17H2,1-7H3,(H,18,22)/t11-/m0/s1. The van der Waals surface area contributed by atoms with Crippen molar-refractivity contribution in [2.75, 3.05) is 26.7 Å². The number of nitrogens with zero attached hydrogens (tertiary/aromatic N) is 2. The molecule has 0 saturated heterocycles. The summed E-state index contributed by atoms with van der Waals surface area (Å²) < 4.78 is 10.5. The van der Waals surface area contributed by atoms with Gasteiger partial charge in [0.2, 0.25) is 0 Å². The number of hydrazine groups is 1. The van der Waals surface area contributed by atoms with Gasteiger partial charge in [0.1, 0.15) is 11.2 Å². The quantitative estimate of drug-likeness (QED) is 0.348. The highest BCUT2D eigenvalue weighted by Gasteiger charge is 2.27. The van der Waals surface area contributed by atoms with Crippen molar-refractivity contribution in [2.45, 2.75) is 58.8 Å². The molecule has 152 valence electrons. The number of ether oxygens (including phenoxy) is 2. The number of hydrogen-bond donors (Lipinski definition) is 3. The Morgan fingerprint density at radius 3 is 1.88 bits per heavy atom. The Morgan fingerprint density at radius 1 is 1.00 bits per heavy atom. The summed E-state index contributed by atoms with van der Waals surface area (Å²) in [5.74, 6) is 4.15. The van der Waals surface area contributed by atoms with E-state index in [1.807, 2.05) is 5.43 Å². The number of hydrogen-bond acceptors (Lipinski definition) is 7. The molecule has 0 aromatic rings. The van der Waals surface area contributed by atoms with Crippen LogP contribution in [0, 0.1) is 0 Å². The maximum atomic E-state index is 12.3. The van der Waals surface area contributed by atoms with Gasteiger partial charge in [0, 0.05) is 20.1 Å². The van der Waals surface area contributed by atoms with Crippen molar-refractivity contribution in [1.82, 2.24) is 15.2 Å². The lowest BCUT2D eigenvalue weighted by Crippen LogP contribution is -2.50. The molecule has 0 aromatic carbocycles. The monoisotopic (exact) mass is 376 g/mol. The van der Waals surface area contributed by atoms with Crippen LogP contribution in [0.2, 0.25) is 0 Å². The molecule has 0 aliphatic heterocycles. The molecule has 0 unspecified atom stereocenters. The molecule has 0 aliphatic rings. The van der Waals surface area contributed by atoms with Gasteiger partial charge in [-0.2, -0.15) is 0 Å². The third-order valence-corrected chi connectivity index (χ3v) is 2.90. The molecule has 10 heteroatoms. The first-order valence-electron chi connectivity index (χ1n) is 8.27. The van der Waals surface area contributed by atoms with Crippen molar-refractivity contribution < 1.29 is 29.0 Å². The number of nitrogens with one attached hydrogen (secondary N) is 1. The molecule has 0 radical (unpaired) electrons. The van der Waals surface area contributed by atoms with E-state index >= 15 is 0 Å². The van der Waals surface area contributed by atoms with Crippen LogP contribution in [0.1, 0.15) is 41.5 Å². The van der Waals surface area contributed by atoms with Crippen LogP contribution in [0.25, 0.3) is 0 Å². The van der Waals surface area contributed by atoms with E-state index in [9.17, 15) is 19.5 Å². The molecule has 0 spiro atoms. The van der Waals surface area contributed by atoms with E-state index in [0.29, 0.717) is 0 Å². The van der Waals surface area contributed by atoms with Gasteiger partial charge >= 0.3 is 12.2 Å². The fourth-order valence-electron chi connectivity index (χ4n) is 1.67. The number of amides is 3. The van der Waals surface area contributed by atoms with E-state index in [2.05, 4.69) is 0 Å². The third-order valence-electron chi connectivity index (χ3n) is 2.90.